The first-order valence-corrected chi connectivity index (χ1v) is 12.8. The monoisotopic (exact) mass is 387 g/mol. The highest BCUT2D eigenvalue weighted by molar-refractivity contribution is 5.08. The number of fused-ring (bicyclic) bond motifs is 3. The first-order valence-electron chi connectivity index (χ1n) is 12.8. The summed E-state index contributed by atoms with van der Waals surface area (Å²) < 4.78 is 0. The fourth-order valence-electron chi connectivity index (χ4n) is 7.93. The van der Waals surface area contributed by atoms with Crippen LogP contribution in [0.5, 0.6) is 0 Å². The Morgan fingerprint density at radius 3 is 1.39 bits per heavy atom. The Balaban J connectivity index is 1.60. The van der Waals surface area contributed by atoms with Crippen molar-refractivity contribution in [2.45, 2.75) is 131 Å². The van der Waals surface area contributed by atoms with Crippen LogP contribution in [0.1, 0.15) is 113 Å². The maximum Gasteiger partial charge on any atom is 0.0136 e. The first-order chi connectivity index (χ1) is 13.1. The summed E-state index contributed by atoms with van der Waals surface area (Å²) in [6, 6.07) is 2.71. The molecule has 6 unspecified atom stereocenters. The van der Waals surface area contributed by atoms with Crippen molar-refractivity contribution in [1.29, 1.82) is 0 Å². The molecule has 3 aliphatic carbocycles. The fraction of sp³-hybridized carbons (Fsp3) is 1.00. The van der Waals surface area contributed by atoms with Crippen LogP contribution < -0.4 is 0 Å². The highest BCUT2D eigenvalue weighted by Gasteiger charge is 2.55. The van der Waals surface area contributed by atoms with Gasteiger partial charge in [-0.15, -0.1) is 0 Å². The molecule has 0 aromatic rings. The topological polar surface area (TPSA) is 3.24 Å². The highest BCUT2D eigenvalue weighted by atomic mass is 15.3. The molecule has 1 heteroatoms. The summed E-state index contributed by atoms with van der Waals surface area (Å²) in [7, 11) is 0. The summed E-state index contributed by atoms with van der Waals surface area (Å²) in [5.41, 5.74) is 0.971. The average molecular weight is 388 g/mol. The van der Waals surface area contributed by atoms with E-state index in [0.717, 1.165) is 47.7 Å². The number of likely N-dealkylation sites (tertiary alicyclic amines) is 1. The smallest absolute Gasteiger partial charge is 0.0136 e. The normalized spacial score (nSPS) is 45.5. The van der Waals surface area contributed by atoms with Crippen LogP contribution in [0.3, 0.4) is 0 Å². The van der Waals surface area contributed by atoms with Gasteiger partial charge in [-0.1, -0.05) is 48.5 Å². The lowest BCUT2D eigenvalue weighted by molar-refractivity contribution is 0.0168. The standard InChI is InChI=1S/C27H49N/c1-18-8-12-21(13-9-18)28-24-16-19(26(2,3)4)10-14-22(24)23-15-11-20(17-25(23)28)27(5,6)7/h18-25H,8-17H2,1-7H3. The fourth-order valence-corrected chi connectivity index (χ4v) is 7.93. The van der Waals surface area contributed by atoms with Gasteiger partial charge < -0.3 is 0 Å². The van der Waals surface area contributed by atoms with E-state index in [1.807, 2.05) is 0 Å². The largest absolute Gasteiger partial charge is 0.294 e. The number of nitrogens with zero attached hydrogens (tertiary/aromatic N) is 1. The van der Waals surface area contributed by atoms with Gasteiger partial charge in [-0.2, -0.15) is 0 Å². The second-order valence-corrected chi connectivity index (χ2v) is 13.6. The number of hydrogen-bond donors (Lipinski definition) is 0. The number of hydrogen-bond acceptors (Lipinski definition) is 1. The molecule has 3 saturated carbocycles. The molecule has 1 nitrogen and oxygen atoms in total. The van der Waals surface area contributed by atoms with E-state index in [9.17, 15) is 0 Å². The molecule has 4 rings (SSSR count). The van der Waals surface area contributed by atoms with Crippen LogP contribution in [-0.2, 0) is 0 Å². The van der Waals surface area contributed by atoms with E-state index < -0.39 is 0 Å². The summed E-state index contributed by atoms with van der Waals surface area (Å²) in [4.78, 5) is 3.21. The van der Waals surface area contributed by atoms with Gasteiger partial charge in [0, 0.05) is 18.1 Å². The molecular weight excluding hydrogens is 338 g/mol. The summed E-state index contributed by atoms with van der Waals surface area (Å²) in [5.74, 6) is 4.86. The third kappa shape index (κ3) is 3.95. The van der Waals surface area contributed by atoms with Crippen molar-refractivity contribution in [3.05, 3.63) is 0 Å². The van der Waals surface area contributed by atoms with E-state index in [1.165, 1.54) is 64.2 Å². The van der Waals surface area contributed by atoms with Crippen LogP contribution in [0.15, 0.2) is 0 Å². The van der Waals surface area contributed by atoms with Crippen molar-refractivity contribution in [3.8, 4) is 0 Å². The Morgan fingerprint density at radius 1 is 0.571 bits per heavy atom. The van der Waals surface area contributed by atoms with Crippen LogP contribution >= 0.6 is 0 Å². The van der Waals surface area contributed by atoms with Crippen molar-refractivity contribution in [1.82, 2.24) is 4.90 Å². The van der Waals surface area contributed by atoms with Crippen LogP contribution in [-0.4, -0.2) is 23.0 Å². The Morgan fingerprint density at radius 2 is 1.00 bits per heavy atom. The van der Waals surface area contributed by atoms with E-state index in [1.54, 1.807) is 0 Å². The van der Waals surface area contributed by atoms with E-state index >= 15 is 0 Å². The van der Waals surface area contributed by atoms with Crippen molar-refractivity contribution in [3.63, 3.8) is 0 Å². The van der Waals surface area contributed by atoms with E-state index in [4.69, 9.17) is 0 Å². The van der Waals surface area contributed by atoms with Gasteiger partial charge in [0.15, 0.2) is 0 Å². The molecule has 1 heterocycles. The maximum atomic E-state index is 3.21. The third-order valence-corrected chi connectivity index (χ3v) is 9.91. The van der Waals surface area contributed by atoms with Gasteiger partial charge >= 0.3 is 0 Å². The highest BCUT2D eigenvalue weighted by Crippen LogP contribution is 2.56. The summed E-state index contributed by atoms with van der Waals surface area (Å²) in [6.45, 7) is 17.5. The van der Waals surface area contributed by atoms with Crippen molar-refractivity contribution in [2.24, 2.45) is 40.4 Å². The summed E-state index contributed by atoms with van der Waals surface area (Å²) >= 11 is 0. The van der Waals surface area contributed by atoms with E-state index in [-0.39, 0.29) is 0 Å². The van der Waals surface area contributed by atoms with Crippen LogP contribution in [0.25, 0.3) is 0 Å². The predicted molar refractivity (Wildman–Crippen MR) is 121 cm³/mol. The van der Waals surface area contributed by atoms with Gasteiger partial charge in [0.05, 0.1) is 0 Å². The van der Waals surface area contributed by atoms with Gasteiger partial charge in [-0.3, -0.25) is 4.90 Å². The van der Waals surface area contributed by atoms with Gasteiger partial charge in [0.25, 0.3) is 0 Å². The van der Waals surface area contributed by atoms with Crippen LogP contribution in [0.2, 0.25) is 0 Å². The molecule has 1 saturated heterocycles. The molecule has 0 aromatic carbocycles. The van der Waals surface area contributed by atoms with Gasteiger partial charge in [0.2, 0.25) is 0 Å². The molecule has 0 spiro atoms. The maximum absolute atomic E-state index is 3.21. The third-order valence-electron chi connectivity index (χ3n) is 9.91. The molecule has 0 radical (unpaired) electrons. The molecule has 1 aliphatic heterocycles. The Labute approximate surface area is 176 Å². The second-order valence-electron chi connectivity index (χ2n) is 13.6. The second kappa shape index (κ2) is 7.58. The minimum Gasteiger partial charge on any atom is -0.294 e. The lowest BCUT2D eigenvalue weighted by Gasteiger charge is -2.47. The Hall–Kier alpha value is -0.0400. The van der Waals surface area contributed by atoms with Crippen LogP contribution in [0.4, 0.5) is 0 Å². The molecule has 4 fully saturated rings. The van der Waals surface area contributed by atoms with Gasteiger partial charge in [0.1, 0.15) is 0 Å². The van der Waals surface area contributed by atoms with Crippen LogP contribution in [0, 0.1) is 40.4 Å². The van der Waals surface area contributed by atoms with Gasteiger partial charge in [-0.25, -0.2) is 0 Å². The predicted octanol–water partition coefficient (Wildman–Crippen LogP) is 7.54. The summed E-state index contributed by atoms with van der Waals surface area (Å²) in [5, 5.41) is 0. The summed E-state index contributed by atoms with van der Waals surface area (Å²) in [6.07, 6.45) is 14.9. The molecule has 4 aliphatic rings. The Bertz CT molecular complexity index is 491. The zero-order valence-electron chi connectivity index (χ0n) is 20.1. The van der Waals surface area contributed by atoms with Crippen molar-refractivity contribution >= 4 is 0 Å². The molecule has 0 N–H and O–H groups in total. The number of rotatable bonds is 1. The first kappa shape index (κ1) is 21.2. The SMILES string of the molecule is CC1CCC(N2C3CC(C(C)(C)C)CCC3C3CCC(C(C)(C)C)CC32)CC1. The van der Waals surface area contributed by atoms with Crippen molar-refractivity contribution < 1.29 is 0 Å². The zero-order chi connectivity index (χ0) is 20.3. The lowest BCUT2D eigenvalue weighted by Crippen LogP contribution is -2.50. The lowest BCUT2D eigenvalue weighted by atomic mass is 9.62. The zero-order valence-corrected chi connectivity index (χ0v) is 20.1. The molecule has 162 valence electrons. The molecule has 0 aromatic heterocycles. The quantitative estimate of drug-likeness (QED) is 0.449. The molecule has 6 atom stereocenters. The van der Waals surface area contributed by atoms with Crippen molar-refractivity contribution in [2.75, 3.05) is 0 Å². The molecular formula is C27H49N. The molecule has 0 amide bonds. The molecule has 28 heavy (non-hydrogen) atoms. The Kier molecular flexibility index (Phi) is 5.74. The molecule has 0 bridgehead atoms. The van der Waals surface area contributed by atoms with E-state index in [0.29, 0.717) is 10.8 Å². The average Bonchev–Trinajstić information content (AvgIpc) is 2.94. The minimum absolute atomic E-state index is 0.486. The van der Waals surface area contributed by atoms with Gasteiger partial charge in [-0.05, 0) is 105 Å². The minimum atomic E-state index is 0.486. The van der Waals surface area contributed by atoms with E-state index in [2.05, 4.69) is 53.4 Å².